The number of nitrogens with one attached hydrogen (secondary N) is 4. The van der Waals surface area contributed by atoms with Crippen LogP contribution in [-0.2, 0) is 25.6 Å². The van der Waals surface area contributed by atoms with E-state index in [1.54, 1.807) is 6.20 Å². The Morgan fingerprint density at radius 1 is 1.00 bits per heavy atom. The van der Waals surface area contributed by atoms with Gasteiger partial charge < -0.3 is 36.9 Å². The summed E-state index contributed by atoms with van der Waals surface area (Å²) in [6.07, 6.45) is 0.713. The Kier molecular flexibility index (Phi) is 9.58. The zero-order valence-corrected chi connectivity index (χ0v) is 19.5. The van der Waals surface area contributed by atoms with E-state index in [4.69, 9.17) is 5.73 Å². The van der Waals surface area contributed by atoms with Crippen LogP contribution in [0.5, 0.6) is 0 Å². The number of rotatable bonds is 12. The van der Waals surface area contributed by atoms with Gasteiger partial charge >= 0.3 is 5.97 Å². The Bertz CT molecular complexity index is 1020. The number of benzene rings is 1. The van der Waals surface area contributed by atoms with Gasteiger partial charge in [-0.1, -0.05) is 32.0 Å². The molecule has 1 aromatic carbocycles. The third-order valence-corrected chi connectivity index (χ3v) is 5.32. The number of hydrogen-bond acceptors (Lipinski definition) is 6. The number of carboxylic acid groups (broad SMARTS) is 1. The summed E-state index contributed by atoms with van der Waals surface area (Å²) in [6, 6.07) is 3.79. The van der Waals surface area contributed by atoms with Gasteiger partial charge in [0.25, 0.3) is 0 Å². The van der Waals surface area contributed by atoms with Gasteiger partial charge in [0, 0.05) is 23.5 Å². The third kappa shape index (κ3) is 7.29. The van der Waals surface area contributed by atoms with Crippen molar-refractivity contribution in [2.75, 3.05) is 6.54 Å². The summed E-state index contributed by atoms with van der Waals surface area (Å²) in [5.41, 5.74) is 6.84. The minimum atomic E-state index is -1.32. The zero-order valence-electron chi connectivity index (χ0n) is 19.5. The molecule has 0 spiro atoms. The van der Waals surface area contributed by atoms with E-state index < -0.39 is 47.9 Å². The number of para-hydroxylation sites is 1. The molecular formula is C23H33N5O6. The average Bonchev–Trinajstić information content (AvgIpc) is 3.18. The summed E-state index contributed by atoms with van der Waals surface area (Å²) in [5, 5.41) is 27.8. The fraction of sp³-hybridized carbons (Fsp3) is 0.478. The molecule has 2 rings (SSSR count). The van der Waals surface area contributed by atoms with Crippen molar-refractivity contribution in [1.82, 2.24) is 20.9 Å². The predicted octanol–water partition coefficient (Wildman–Crippen LogP) is -0.365. The molecule has 4 unspecified atom stereocenters. The van der Waals surface area contributed by atoms with Gasteiger partial charge in [-0.3, -0.25) is 14.4 Å². The SMILES string of the molecule is CC(C)CC(NC(=O)C(NC(=O)CN)C(C)O)C(=O)NC(Cc1c[nH]c2ccccc12)C(=O)O. The van der Waals surface area contributed by atoms with E-state index in [0.717, 1.165) is 16.5 Å². The lowest BCUT2D eigenvalue weighted by molar-refractivity contribution is -0.142. The van der Waals surface area contributed by atoms with Gasteiger partial charge in [-0.15, -0.1) is 0 Å². The molecule has 0 radical (unpaired) electrons. The molecule has 1 aromatic heterocycles. The smallest absolute Gasteiger partial charge is 0.326 e. The topological polar surface area (TPSA) is 187 Å². The number of amides is 3. The summed E-state index contributed by atoms with van der Waals surface area (Å²) in [6.45, 7) is 4.63. The number of hydrogen-bond donors (Lipinski definition) is 7. The molecule has 3 amide bonds. The Hall–Kier alpha value is -3.44. The van der Waals surface area contributed by atoms with Crippen LogP contribution in [0.2, 0.25) is 0 Å². The van der Waals surface area contributed by atoms with Crippen LogP contribution in [0.3, 0.4) is 0 Å². The van der Waals surface area contributed by atoms with Gasteiger partial charge in [-0.2, -0.15) is 0 Å². The van der Waals surface area contributed by atoms with Crippen LogP contribution in [0.1, 0.15) is 32.8 Å². The monoisotopic (exact) mass is 475 g/mol. The van der Waals surface area contributed by atoms with Gasteiger partial charge in [0.2, 0.25) is 17.7 Å². The summed E-state index contributed by atoms with van der Waals surface area (Å²) in [5.74, 6) is -3.33. The van der Waals surface area contributed by atoms with Crippen LogP contribution < -0.4 is 21.7 Å². The maximum Gasteiger partial charge on any atom is 0.326 e. The molecule has 11 nitrogen and oxygen atoms in total. The van der Waals surface area contributed by atoms with Gasteiger partial charge in [0.05, 0.1) is 12.6 Å². The van der Waals surface area contributed by atoms with Gasteiger partial charge in [-0.05, 0) is 30.9 Å². The highest BCUT2D eigenvalue weighted by Gasteiger charge is 2.32. The fourth-order valence-corrected chi connectivity index (χ4v) is 3.59. The van der Waals surface area contributed by atoms with E-state index in [-0.39, 0.29) is 25.3 Å². The van der Waals surface area contributed by atoms with Crippen molar-refractivity contribution >= 4 is 34.6 Å². The zero-order chi connectivity index (χ0) is 25.4. The molecule has 4 atom stereocenters. The molecule has 0 aliphatic rings. The number of aliphatic carboxylic acids is 1. The highest BCUT2D eigenvalue weighted by molar-refractivity contribution is 5.94. The van der Waals surface area contributed by atoms with Crippen molar-refractivity contribution < 1.29 is 29.4 Å². The normalized spacial score (nSPS) is 14.8. The Morgan fingerprint density at radius 2 is 1.65 bits per heavy atom. The third-order valence-electron chi connectivity index (χ3n) is 5.32. The number of aliphatic hydroxyl groups excluding tert-OH is 1. The Balaban J connectivity index is 2.17. The summed E-state index contributed by atoms with van der Waals surface area (Å²) >= 11 is 0. The van der Waals surface area contributed by atoms with Gasteiger partial charge in [0.1, 0.15) is 18.1 Å². The van der Waals surface area contributed by atoms with Crippen LogP contribution >= 0.6 is 0 Å². The number of aromatic nitrogens is 1. The number of H-pyrrole nitrogens is 1. The molecule has 0 aliphatic carbocycles. The highest BCUT2D eigenvalue weighted by atomic mass is 16.4. The van der Waals surface area contributed by atoms with Crippen molar-refractivity contribution in [2.24, 2.45) is 11.7 Å². The first kappa shape index (κ1) is 26.8. The molecule has 0 aliphatic heterocycles. The number of nitrogens with two attached hydrogens (primary N) is 1. The first-order valence-corrected chi connectivity index (χ1v) is 11.1. The standard InChI is InChI=1S/C23H33N5O6/c1-12(2)8-17(26-22(32)20(13(3)29)28-19(30)10-24)21(31)27-18(23(33)34)9-14-11-25-16-7-5-4-6-15(14)16/h4-7,11-13,17-18,20,25,29H,8-10,24H2,1-3H3,(H,26,32)(H,27,31)(H,28,30)(H,33,34). The molecule has 0 saturated heterocycles. The molecule has 11 heteroatoms. The van der Waals surface area contributed by atoms with Gasteiger partial charge in [-0.25, -0.2) is 4.79 Å². The van der Waals surface area contributed by atoms with Crippen LogP contribution in [0.15, 0.2) is 30.5 Å². The lowest BCUT2D eigenvalue weighted by Gasteiger charge is -2.26. The van der Waals surface area contributed by atoms with Crippen molar-refractivity contribution in [3.8, 4) is 0 Å². The van der Waals surface area contributed by atoms with Crippen molar-refractivity contribution in [3.63, 3.8) is 0 Å². The summed E-state index contributed by atoms with van der Waals surface area (Å²) in [7, 11) is 0. The maximum absolute atomic E-state index is 13.0. The van der Waals surface area contributed by atoms with E-state index in [1.807, 2.05) is 38.1 Å². The van der Waals surface area contributed by atoms with Crippen LogP contribution in [0, 0.1) is 5.92 Å². The molecule has 0 fully saturated rings. The molecule has 186 valence electrons. The lowest BCUT2D eigenvalue weighted by Crippen LogP contribution is -2.59. The predicted molar refractivity (Wildman–Crippen MR) is 126 cm³/mol. The number of aromatic amines is 1. The van der Waals surface area contributed by atoms with E-state index in [9.17, 15) is 29.4 Å². The van der Waals surface area contributed by atoms with E-state index in [1.165, 1.54) is 6.92 Å². The highest BCUT2D eigenvalue weighted by Crippen LogP contribution is 2.19. The van der Waals surface area contributed by atoms with Crippen LogP contribution in [0.25, 0.3) is 10.9 Å². The van der Waals surface area contributed by atoms with E-state index in [0.29, 0.717) is 0 Å². The first-order valence-electron chi connectivity index (χ1n) is 11.1. The van der Waals surface area contributed by atoms with Crippen molar-refractivity contribution in [1.29, 1.82) is 0 Å². The fourth-order valence-electron chi connectivity index (χ4n) is 3.59. The quantitative estimate of drug-likeness (QED) is 0.218. The van der Waals surface area contributed by atoms with Gasteiger partial charge in [0.15, 0.2) is 0 Å². The molecule has 0 saturated carbocycles. The number of carbonyl (C=O) groups is 4. The Morgan fingerprint density at radius 3 is 2.24 bits per heavy atom. The second-order valence-corrected chi connectivity index (χ2v) is 8.64. The largest absolute Gasteiger partial charge is 0.480 e. The second-order valence-electron chi connectivity index (χ2n) is 8.64. The number of carbonyl (C=O) groups excluding carboxylic acids is 3. The van der Waals surface area contributed by atoms with Crippen LogP contribution in [-0.4, -0.2) is 69.7 Å². The summed E-state index contributed by atoms with van der Waals surface area (Å²) in [4.78, 5) is 52.4. The molecule has 8 N–H and O–H groups in total. The second kappa shape index (κ2) is 12.1. The lowest BCUT2D eigenvalue weighted by atomic mass is 10.0. The number of aliphatic hydroxyl groups is 1. The molecular weight excluding hydrogens is 442 g/mol. The van der Waals surface area contributed by atoms with Crippen LogP contribution in [0.4, 0.5) is 0 Å². The summed E-state index contributed by atoms with van der Waals surface area (Å²) < 4.78 is 0. The first-order chi connectivity index (χ1) is 16.0. The minimum absolute atomic E-state index is 0.0171. The molecule has 0 bridgehead atoms. The average molecular weight is 476 g/mol. The maximum atomic E-state index is 13.0. The van der Waals surface area contributed by atoms with Crippen molar-refractivity contribution in [2.45, 2.75) is 57.8 Å². The Labute approximate surface area is 197 Å². The van der Waals surface area contributed by atoms with Crippen molar-refractivity contribution in [3.05, 3.63) is 36.0 Å². The molecule has 2 aromatic rings. The minimum Gasteiger partial charge on any atom is -0.480 e. The molecule has 1 heterocycles. The number of fused-ring (bicyclic) bond motifs is 1. The van der Waals surface area contributed by atoms with E-state index in [2.05, 4.69) is 20.9 Å². The van der Waals surface area contributed by atoms with E-state index >= 15 is 0 Å². The number of carboxylic acids is 1. The molecule has 34 heavy (non-hydrogen) atoms.